The Morgan fingerprint density at radius 1 is 1.12 bits per heavy atom. The summed E-state index contributed by atoms with van der Waals surface area (Å²) in [6, 6.07) is 8.54. The lowest BCUT2D eigenvalue weighted by Crippen LogP contribution is -2.28. The summed E-state index contributed by atoms with van der Waals surface area (Å²) in [5, 5.41) is 3.55. The summed E-state index contributed by atoms with van der Waals surface area (Å²) in [6.07, 6.45) is -0.00708. The third-order valence-electron chi connectivity index (χ3n) is 3.43. The van der Waals surface area contributed by atoms with E-state index in [9.17, 15) is 14.4 Å². The molecule has 0 aliphatic carbocycles. The Labute approximate surface area is 165 Å². The number of thiophene rings is 1. The van der Waals surface area contributed by atoms with Crippen LogP contribution in [0, 0.1) is 6.92 Å². The van der Waals surface area contributed by atoms with E-state index in [1.165, 1.54) is 11.3 Å². The highest BCUT2D eigenvalue weighted by atomic mass is 35.5. The van der Waals surface area contributed by atoms with E-state index in [0.29, 0.717) is 20.5 Å². The van der Waals surface area contributed by atoms with Crippen molar-refractivity contribution in [2.45, 2.75) is 26.3 Å². The minimum atomic E-state index is -0.591. The minimum Gasteiger partial charge on any atom is -0.456 e. The van der Waals surface area contributed by atoms with Crippen LogP contribution in [0.3, 0.4) is 0 Å². The van der Waals surface area contributed by atoms with Crippen LogP contribution < -0.4 is 5.32 Å². The Kier molecular flexibility index (Phi) is 7.63. The molecule has 0 saturated carbocycles. The molecule has 0 fully saturated rings. The molecule has 1 heterocycles. The monoisotopic (exact) mass is 413 g/mol. The van der Waals surface area contributed by atoms with E-state index in [2.05, 4.69) is 5.32 Å². The van der Waals surface area contributed by atoms with Gasteiger partial charge in [-0.15, -0.1) is 11.3 Å². The summed E-state index contributed by atoms with van der Waals surface area (Å²) in [6.45, 7) is 1.70. The number of ether oxygens (including phenoxy) is 1. The van der Waals surface area contributed by atoms with Gasteiger partial charge in [-0.1, -0.05) is 29.3 Å². The molecule has 26 heavy (non-hydrogen) atoms. The molecule has 2 rings (SSSR count). The molecule has 0 saturated heterocycles. The molecule has 138 valence electrons. The third kappa shape index (κ3) is 6.44. The number of amides is 1. The quantitative estimate of drug-likeness (QED) is 0.520. The van der Waals surface area contributed by atoms with E-state index < -0.39 is 18.5 Å². The average Bonchev–Trinajstić information content (AvgIpc) is 3.03. The summed E-state index contributed by atoms with van der Waals surface area (Å²) in [5.41, 5.74) is 0.701. The summed E-state index contributed by atoms with van der Waals surface area (Å²) in [4.78, 5) is 37.0. The van der Waals surface area contributed by atoms with E-state index in [-0.39, 0.29) is 25.2 Å². The number of ketones is 1. The zero-order chi connectivity index (χ0) is 19.1. The fraction of sp³-hybridized carbons (Fsp3) is 0.278. The summed E-state index contributed by atoms with van der Waals surface area (Å²) in [7, 11) is 0. The van der Waals surface area contributed by atoms with Gasteiger partial charge < -0.3 is 10.1 Å². The van der Waals surface area contributed by atoms with Crippen molar-refractivity contribution in [1.29, 1.82) is 0 Å². The maximum absolute atomic E-state index is 11.9. The number of nitrogens with one attached hydrogen (secondary N) is 1. The molecule has 2 aromatic rings. The normalized spacial score (nSPS) is 10.4. The van der Waals surface area contributed by atoms with E-state index in [0.717, 1.165) is 4.88 Å². The fourth-order valence-corrected chi connectivity index (χ4v) is 3.36. The third-order valence-corrected chi connectivity index (χ3v) is 5.06. The Morgan fingerprint density at radius 2 is 1.88 bits per heavy atom. The van der Waals surface area contributed by atoms with Gasteiger partial charge in [0.25, 0.3) is 5.91 Å². The van der Waals surface area contributed by atoms with Gasteiger partial charge >= 0.3 is 5.97 Å². The first-order valence-corrected chi connectivity index (χ1v) is 9.38. The second kappa shape index (κ2) is 9.71. The standard InChI is InChI=1S/C18H17Cl2NO4S/c1-11-2-6-16(26-11)15(22)5-7-18(24)25-10-17(23)21-9-12-3-4-13(19)8-14(12)20/h2-4,6,8H,5,7,9-10H2,1H3,(H,21,23). The molecule has 0 aliphatic heterocycles. The van der Waals surface area contributed by atoms with E-state index in [4.69, 9.17) is 27.9 Å². The predicted molar refractivity (Wildman–Crippen MR) is 102 cm³/mol. The Morgan fingerprint density at radius 3 is 2.54 bits per heavy atom. The van der Waals surface area contributed by atoms with Crippen LogP contribution in [0.1, 0.15) is 33.0 Å². The van der Waals surface area contributed by atoms with Gasteiger partial charge in [-0.25, -0.2) is 0 Å². The number of carbonyl (C=O) groups is 3. The first-order chi connectivity index (χ1) is 12.3. The molecule has 0 radical (unpaired) electrons. The number of aryl methyl sites for hydroxylation is 1. The van der Waals surface area contributed by atoms with Crippen LogP contribution >= 0.6 is 34.5 Å². The highest BCUT2D eigenvalue weighted by molar-refractivity contribution is 7.14. The summed E-state index contributed by atoms with van der Waals surface area (Å²) in [5.74, 6) is -1.15. The number of Topliss-reactive ketones (excluding diaryl/α,β-unsaturated/α-hetero) is 1. The van der Waals surface area contributed by atoms with Gasteiger partial charge in [-0.05, 0) is 36.8 Å². The molecule has 0 atom stereocenters. The van der Waals surface area contributed by atoms with Crippen LogP contribution in [-0.4, -0.2) is 24.3 Å². The smallest absolute Gasteiger partial charge is 0.306 e. The molecule has 1 aromatic heterocycles. The lowest BCUT2D eigenvalue weighted by molar-refractivity contribution is -0.148. The van der Waals surface area contributed by atoms with E-state index >= 15 is 0 Å². The number of benzene rings is 1. The van der Waals surface area contributed by atoms with Gasteiger partial charge in [-0.3, -0.25) is 14.4 Å². The topological polar surface area (TPSA) is 72.5 Å². The average molecular weight is 414 g/mol. The predicted octanol–water partition coefficient (Wildman–Crippen LogP) is 4.19. The van der Waals surface area contributed by atoms with Crippen LogP contribution in [-0.2, 0) is 20.9 Å². The van der Waals surface area contributed by atoms with Crippen molar-refractivity contribution in [1.82, 2.24) is 5.32 Å². The molecule has 0 unspecified atom stereocenters. The SMILES string of the molecule is Cc1ccc(C(=O)CCC(=O)OCC(=O)NCc2ccc(Cl)cc2Cl)s1. The van der Waals surface area contributed by atoms with E-state index in [1.807, 2.05) is 13.0 Å². The van der Waals surface area contributed by atoms with Crippen molar-refractivity contribution in [2.75, 3.05) is 6.61 Å². The first kappa shape index (κ1) is 20.4. The molecule has 8 heteroatoms. The maximum Gasteiger partial charge on any atom is 0.306 e. The van der Waals surface area contributed by atoms with Crippen molar-refractivity contribution in [3.8, 4) is 0 Å². The second-order valence-electron chi connectivity index (χ2n) is 5.51. The number of esters is 1. The van der Waals surface area contributed by atoms with Gasteiger partial charge in [0, 0.05) is 27.9 Å². The van der Waals surface area contributed by atoms with Crippen LogP contribution in [0.5, 0.6) is 0 Å². The molecule has 5 nitrogen and oxygen atoms in total. The highest BCUT2D eigenvalue weighted by Crippen LogP contribution is 2.20. The summed E-state index contributed by atoms with van der Waals surface area (Å²) >= 11 is 13.2. The molecule has 0 bridgehead atoms. The minimum absolute atomic E-state index is 0.0563. The molecule has 1 N–H and O–H groups in total. The van der Waals surface area contributed by atoms with Gasteiger partial charge in [0.1, 0.15) is 0 Å². The molecule has 0 aliphatic rings. The van der Waals surface area contributed by atoms with Crippen molar-refractivity contribution >= 4 is 52.2 Å². The molecule has 1 amide bonds. The Balaban J connectivity index is 1.68. The largest absolute Gasteiger partial charge is 0.456 e. The molecule has 0 spiro atoms. The van der Waals surface area contributed by atoms with E-state index in [1.54, 1.807) is 24.3 Å². The van der Waals surface area contributed by atoms with Gasteiger partial charge in [0.2, 0.25) is 0 Å². The molecular weight excluding hydrogens is 397 g/mol. The molecule has 1 aromatic carbocycles. The highest BCUT2D eigenvalue weighted by Gasteiger charge is 2.13. The van der Waals surface area contributed by atoms with Crippen LogP contribution in [0.25, 0.3) is 0 Å². The van der Waals surface area contributed by atoms with Crippen molar-refractivity contribution in [3.05, 3.63) is 55.7 Å². The van der Waals surface area contributed by atoms with Gasteiger partial charge in [-0.2, -0.15) is 0 Å². The lowest BCUT2D eigenvalue weighted by Gasteiger charge is -2.08. The molecular formula is C18H17Cl2NO4S. The number of carbonyl (C=O) groups excluding carboxylic acids is 3. The summed E-state index contributed by atoms with van der Waals surface area (Å²) < 4.78 is 4.88. The second-order valence-corrected chi connectivity index (χ2v) is 7.64. The maximum atomic E-state index is 11.9. The van der Waals surface area contributed by atoms with Crippen LogP contribution in [0.15, 0.2) is 30.3 Å². The van der Waals surface area contributed by atoms with Crippen molar-refractivity contribution in [2.24, 2.45) is 0 Å². The van der Waals surface area contributed by atoms with Crippen molar-refractivity contribution < 1.29 is 19.1 Å². The number of rotatable bonds is 8. The fourth-order valence-electron chi connectivity index (χ4n) is 2.05. The zero-order valence-corrected chi connectivity index (χ0v) is 16.3. The number of halogens is 2. The van der Waals surface area contributed by atoms with Crippen molar-refractivity contribution in [3.63, 3.8) is 0 Å². The van der Waals surface area contributed by atoms with Crippen LogP contribution in [0.4, 0.5) is 0 Å². The number of hydrogen-bond acceptors (Lipinski definition) is 5. The zero-order valence-electron chi connectivity index (χ0n) is 14.0. The van der Waals surface area contributed by atoms with Gasteiger partial charge in [0.05, 0.1) is 11.3 Å². The Bertz CT molecular complexity index is 819. The number of hydrogen-bond donors (Lipinski definition) is 1. The Hall–Kier alpha value is -1.89. The van der Waals surface area contributed by atoms with Crippen LogP contribution in [0.2, 0.25) is 10.0 Å². The lowest BCUT2D eigenvalue weighted by atomic mass is 10.2. The first-order valence-electron chi connectivity index (χ1n) is 7.81. The van der Waals surface area contributed by atoms with Gasteiger partial charge in [0.15, 0.2) is 12.4 Å².